The maximum absolute atomic E-state index is 10.1. The summed E-state index contributed by atoms with van der Waals surface area (Å²) in [5, 5.41) is 8.27. The number of hydrogen-bond donors (Lipinski definition) is 3. The second-order valence-corrected chi connectivity index (χ2v) is 2.71. The van der Waals surface area contributed by atoms with Gasteiger partial charge in [-0.15, -0.1) is 0 Å². The van der Waals surface area contributed by atoms with Crippen LogP contribution in [-0.2, 0) is 4.79 Å². The molecule has 0 spiro atoms. The Morgan fingerprint density at radius 2 is 2.18 bits per heavy atom. The van der Waals surface area contributed by atoms with E-state index in [1.54, 1.807) is 11.8 Å². The minimum absolute atomic E-state index is 0. The third-order valence-electron chi connectivity index (χ3n) is 0.950. The largest absolute Gasteiger partial charge is 0.480 e. The highest BCUT2D eigenvalue weighted by Gasteiger charge is 2.08. The van der Waals surface area contributed by atoms with Gasteiger partial charge in [0.1, 0.15) is 6.04 Å². The molecule has 70 valence electrons. The van der Waals surface area contributed by atoms with Crippen molar-refractivity contribution < 1.29 is 9.90 Å². The van der Waals surface area contributed by atoms with E-state index in [0.29, 0.717) is 6.42 Å². The van der Waals surface area contributed by atoms with Crippen molar-refractivity contribution in [3.05, 3.63) is 0 Å². The molecule has 0 aliphatic heterocycles. The monoisotopic (exact) mass is 200 g/mol. The second kappa shape index (κ2) is 10.1. The molecule has 0 aromatic heterocycles. The van der Waals surface area contributed by atoms with Gasteiger partial charge in [-0.3, -0.25) is 4.79 Å². The minimum Gasteiger partial charge on any atom is -0.480 e. The smallest absolute Gasteiger partial charge is 0.320 e. The summed E-state index contributed by atoms with van der Waals surface area (Å²) in [7, 11) is 0. The average molecular weight is 200 g/mol. The van der Waals surface area contributed by atoms with Crippen LogP contribution in [0.4, 0.5) is 0 Å². The summed E-state index contributed by atoms with van der Waals surface area (Å²) < 4.78 is 0. The summed E-state index contributed by atoms with van der Waals surface area (Å²) in [5.74, 6) is -0.1000. The Balaban J connectivity index is -0.000000320. The third kappa shape index (κ3) is 10.1. The maximum atomic E-state index is 10.1. The maximum Gasteiger partial charge on any atom is 0.320 e. The van der Waals surface area contributed by atoms with Crippen molar-refractivity contribution in [2.75, 3.05) is 12.0 Å². The van der Waals surface area contributed by atoms with Crippen LogP contribution in [0.1, 0.15) is 6.42 Å². The molecule has 0 bridgehead atoms. The van der Waals surface area contributed by atoms with E-state index in [9.17, 15) is 4.79 Å². The van der Waals surface area contributed by atoms with Gasteiger partial charge in [-0.05, 0) is 18.4 Å². The Hall–Kier alpha value is 0.0900. The first kappa shape index (κ1) is 17.3. The molecule has 0 aromatic carbocycles. The lowest BCUT2D eigenvalue weighted by Crippen LogP contribution is -2.30. The van der Waals surface area contributed by atoms with Crippen molar-refractivity contribution in [1.29, 1.82) is 0 Å². The number of carboxylic acid groups (broad SMARTS) is 1. The predicted octanol–water partition coefficient (Wildman–Crippen LogP) is 0.426. The molecule has 0 amide bonds. The molecule has 1 unspecified atom stereocenters. The van der Waals surface area contributed by atoms with Gasteiger partial charge in [-0.1, -0.05) is 0 Å². The summed E-state index contributed by atoms with van der Waals surface area (Å²) in [6.45, 7) is 0. The van der Waals surface area contributed by atoms with Crippen LogP contribution >= 0.6 is 25.3 Å². The molecule has 0 fully saturated rings. The molecule has 0 rings (SSSR count). The quantitative estimate of drug-likeness (QED) is 0.611. The zero-order valence-electron chi connectivity index (χ0n) is 6.54. The predicted molar refractivity (Wildman–Crippen MR) is 54.0 cm³/mol. The summed E-state index contributed by atoms with van der Waals surface area (Å²) >= 11 is 1.60. The van der Waals surface area contributed by atoms with Crippen molar-refractivity contribution in [3.8, 4) is 0 Å². The Bertz CT molecular complexity index is 102. The van der Waals surface area contributed by atoms with Gasteiger partial charge < -0.3 is 17.0 Å². The fourth-order valence-corrected chi connectivity index (χ4v) is 0.858. The van der Waals surface area contributed by atoms with Gasteiger partial charge in [0.05, 0.1) is 0 Å². The molecule has 0 aliphatic rings. The first-order valence-electron chi connectivity index (χ1n) is 2.65. The van der Waals surface area contributed by atoms with Gasteiger partial charge in [0, 0.05) is 0 Å². The number of aliphatic carboxylic acids is 1. The van der Waals surface area contributed by atoms with E-state index in [0.717, 1.165) is 5.75 Å². The van der Waals surface area contributed by atoms with Crippen LogP contribution in [-0.4, -0.2) is 29.1 Å². The fourth-order valence-electron chi connectivity index (χ4n) is 0.368. The van der Waals surface area contributed by atoms with E-state index < -0.39 is 12.0 Å². The van der Waals surface area contributed by atoms with E-state index >= 15 is 0 Å². The Kier molecular flexibility index (Phi) is 15.8. The number of thioether (sulfide) groups is 1. The molecular formula is C5H16N2O2S2. The van der Waals surface area contributed by atoms with Crippen molar-refractivity contribution in [3.63, 3.8) is 0 Å². The number of carboxylic acids is 1. The van der Waals surface area contributed by atoms with Crippen molar-refractivity contribution in [2.24, 2.45) is 5.73 Å². The van der Waals surface area contributed by atoms with Crippen LogP contribution in [0.5, 0.6) is 0 Å². The van der Waals surface area contributed by atoms with Crippen molar-refractivity contribution in [2.45, 2.75) is 12.5 Å². The zero-order valence-corrected chi connectivity index (χ0v) is 8.36. The van der Waals surface area contributed by atoms with Crippen LogP contribution in [0.25, 0.3) is 0 Å². The Morgan fingerprint density at radius 1 is 1.73 bits per heavy atom. The van der Waals surface area contributed by atoms with Crippen LogP contribution in [0.3, 0.4) is 0 Å². The highest BCUT2D eigenvalue weighted by Crippen LogP contribution is 1.97. The van der Waals surface area contributed by atoms with Gasteiger partial charge in [0.2, 0.25) is 0 Å². The standard InChI is InChI=1S/C5H11NO2S.H3N.H2S/c1-9-3-2-4(6)5(7)8;;/h4H,2-3,6H2,1H3,(H,7,8);1H3;1H2. The van der Waals surface area contributed by atoms with Gasteiger partial charge in [0.15, 0.2) is 0 Å². The Labute approximate surface area is 77.9 Å². The molecule has 1 atom stereocenters. The first-order valence-corrected chi connectivity index (χ1v) is 4.05. The zero-order chi connectivity index (χ0) is 7.28. The number of nitrogens with two attached hydrogens (primary N) is 1. The summed E-state index contributed by atoms with van der Waals surface area (Å²) in [6.07, 6.45) is 2.48. The highest BCUT2D eigenvalue weighted by molar-refractivity contribution is 7.98. The average Bonchev–Trinajstić information content (AvgIpc) is 1.82. The molecule has 0 saturated carbocycles. The van der Waals surface area contributed by atoms with Gasteiger partial charge >= 0.3 is 5.97 Å². The molecule has 6 heteroatoms. The molecule has 11 heavy (non-hydrogen) atoms. The molecule has 4 nitrogen and oxygen atoms in total. The van der Waals surface area contributed by atoms with Gasteiger partial charge in [-0.2, -0.15) is 25.3 Å². The van der Waals surface area contributed by atoms with Gasteiger partial charge in [0.25, 0.3) is 0 Å². The topological polar surface area (TPSA) is 98.3 Å². The molecule has 0 saturated heterocycles. The number of hydrogen-bond acceptors (Lipinski definition) is 4. The van der Waals surface area contributed by atoms with E-state index in [-0.39, 0.29) is 19.6 Å². The van der Waals surface area contributed by atoms with Crippen LogP contribution in [0.2, 0.25) is 0 Å². The lowest BCUT2D eigenvalue weighted by atomic mass is 10.2. The molecule has 0 aromatic rings. The molecule has 0 radical (unpaired) electrons. The fraction of sp³-hybridized carbons (Fsp3) is 0.800. The van der Waals surface area contributed by atoms with E-state index in [1.807, 2.05) is 6.26 Å². The van der Waals surface area contributed by atoms with E-state index in [1.165, 1.54) is 0 Å². The Morgan fingerprint density at radius 3 is 2.45 bits per heavy atom. The number of carbonyl (C=O) groups is 1. The van der Waals surface area contributed by atoms with Gasteiger partial charge in [-0.25, -0.2) is 0 Å². The van der Waals surface area contributed by atoms with Crippen molar-refractivity contribution in [1.82, 2.24) is 6.15 Å². The van der Waals surface area contributed by atoms with Crippen LogP contribution < -0.4 is 11.9 Å². The molecule has 0 heterocycles. The van der Waals surface area contributed by atoms with Crippen LogP contribution in [0.15, 0.2) is 0 Å². The number of rotatable bonds is 4. The summed E-state index contributed by atoms with van der Waals surface area (Å²) in [4.78, 5) is 10.1. The first-order chi connectivity index (χ1) is 4.18. The molecule has 6 N–H and O–H groups in total. The highest BCUT2D eigenvalue weighted by atomic mass is 32.2. The second-order valence-electron chi connectivity index (χ2n) is 1.73. The lowest BCUT2D eigenvalue weighted by Gasteiger charge is -2.02. The SMILES string of the molecule is CSCCC(N)C(=O)O.N.S. The van der Waals surface area contributed by atoms with Crippen molar-refractivity contribution >= 4 is 31.2 Å². The normalized spacial score (nSPS) is 10.7. The molecular weight excluding hydrogens is 184 g/mol. The minimum atomic E-state index is -0.913. The summed E-state index contributed by atoms with van der Waals surface area (Å²) in [5.41, 5.74) is 5.19. The van der Waals surface area contributed by atoms with E-state index in [2.05, 4.69) is 0 Å². The van der Waals surface area contributed by atoms with E-state index in [4.69, 9.17) is 10.8 Å². The lowest BCUT2D eigenvalue weighted by molar-refractivity contribution is -0.138. The third-order valence-corrected chi connectivity index (χ3v) is 1.59. The summed E-state index contributed by atoms with van der Waals surface area (Å²) in [6, 6.07) is -0.683. The van der Waals surface area contributed by atoms with Crippen LogP contribution in [0, 0.1) is 0 Å². The molecule has 0 aliphatic carbocycles.